The molecule has 1 aliphatic rings. The molecule has 0 atom stereocenters. The highest BCUT2D eigenvalue weighted by atomic mass is 32.2. The molecule has 1 aliphatic carbocycles. The summed E-state index contributed by atoms with van der Waals surface area (Å²) in [5.74, 6) is -0.668. The van der Waals surface area contributed by atoms with Crippen LogP contribution in [0.1, 0.15) is 47.0 Å². The monoisotopic (exact) mass is 263 g/mol. The molecule has 0 aromatic heterocycles. The first kappa shape index (κ1) is 14.8. The van der Waals surface area contributed by atoms with E-state index in [0.717, 1.165) is 0 Å². The number of rotatable bonds is 5. The summed E-state index contributed by atoms with van der Waals surface area (Å²) in [5.41, 5.74) is 4.61. The van der Waals surface area contributed by atoms with Crippen LogP contribution in [0.5, 0.6) is 0 Å². The lowest BCUT2D eigenvalue weighted by atomic mass is 9.57. The van der Waals surface area contributed by atoms with Crippen LogP contribution < -0.4 is 5.73 Å². The minimum atomic E-state index is -1.06. The van der Waals surface area contributed by atoms with E-state index < -0.39 is 16.3 Å². The van der Waals surface area contributed by atoms with Crippen molar-refractivity contribution in [2.45, 2.75) is 57.2 Å². The maximum absolute atomic E-state index is 12.8. The van der Waals surface area contributed by atoms with Crippen LogP contribution in [0, 0.1) is 11.3 Å². The summed E-state index contributed by atoms with van der Waals surface area (Å²) < 4.78 is 12.3. The highest BCUT2D eigenvalue weighted by molar-refractivity contribution is 7.95. The van der Waals surface area contributed by atoms with Crippen LogP contribution in [0.4, 0.5) is 3.89 Å². The molecule has 0 saturated heterocycles. The summed E-state index contributed by atoms with van der Waals surface area (Å²) in [5, 5.41) is 8.97. The molecule has 0 amide bonds. The number of halogens is 1. The molecule has 5 heteroatoms. The predicted octanol–water partition coefficient (Wildman–Crippen LogP) is 2.99. The minimum absolute atomic E-state index is 0.0824. The van der Waals surface area contributed by atoms with Gasteiger partial charge in [0.2, 0.25) is 0 Å². The average Bonchev–Trinajstić information content (AvgIpc) is 2.10. The Balaban J connectivity index is 2.61. The van der Waals surface area contributed by atoms with Gasteiger partial charge in [-0.1, -0.05) is 13.8 Å². The van der Waals surface area contributed by atoms with E-state index in [2.05, 4.69) is 13.8 Å². The Morgan fingerprint density at radius 2 is 1.94 bits per heavy atom. The van der Waals surface area contributed by atoms with E-state index in [-0.39, 0.29) is 11.3 Å². The van der Waals surface area contributed by atoms with E-state index in [9.17, 15) is 8.68 Å². The third-order valence-corrected chi connectivity index (χ3v) is 4.40. The zero-order valence-electron chi connectivity index (χ0n) is 10.9. The fraction of sp³-hybridized carbons (Fsp3) is 0.917. The maximum atomic E-state index is 12.8. The Bertz CT molecular complexity index is 312. The quantitative estimate of drug-likeness (QED) is 0.800. The summed E-state index contributed by atoms with van der Waals surface area (Å²) in [4.78, 5) is 10.9. The number of carbonyl (C=O) groups is 1. The second kappa shape index (κ2) is 4.43. The summed E-state index contributed by atoms with van der Waals surface area (Å²) in [6, 6.07) is 0. The van der Waals surface area contributed by atoms with Crippen molar-refractivity contribution in [2.24, 2.45) is 17.1 Å². The summed E-state index contributed by atoms with van der Waals surface area (Å²) in [7, 11) is 0. The molecule has 0 bridgehead atoms. The molecule has 1 rings (SSSR count). The number of hydrogen-bond acceptors (Lipinski definition) is 3. The maximum Gasteiger partial charge on any atom is 0.323 e. The van der Waals surface area contributed by atoms with Crippen molar-refractivity contribution in [3.63, 3.8) is 0 Å². The van der Waals surface area contributed by atoms with Crippen molar-refractivity contribution in [1.29, 1.82) is 0 Å². The highest BCUT2D eigenvalue weighted by Crippen LogP contribution is 2.51. The average molecular weight is 263 g/mol. The van der Waals surface area contributed by atoms with Crippen molar-refractivity contribution < 1.29 is 13.8 Å². The Morgan fingerprint density at radius 3 is 2.29 bits per heavy atom. The molecule has 100 valence electrons. The van der Waals surface area contributed by atoms with Gasteiger partial charge in [-0.05, 0) is 44.4 Å². The first-order valence-electron chi connectivity index (χ1n) is 5.84. The van der Waals surface area contributed by atoms with Crippen LogP contribution in [0.25, 0.3) is 0 Å². The molecule has 0 aromatic carbocycles. The van der Waals surface area contributed by atoms with Gasteiger partial charge in [0.25, 0.3) is 0 Å². The topological polar surface area (TPSA) is 63.3 Å². The first-order chi connectivity index (χ1) is 7.52. The fourth-order valence-electron chi connectivity index (χ4n) is 2.82. The van der Waals surface area contributed by atoms with Gasteiger partial charge < -0.3 is 10.8 Å². The molecule has 1 fully saturated rings. The molecule has 1 saturated carbocycles. The number of aliphatic carboxylic acids is 1. The van der Waals surface area contributed by atoms with E-state index in [1.807, 2.05) is 13.8 Å². The van der Waals surface area contributed by atoms with Gasteiger partial charge in [-0.3, -0.25) is 4.79 Å². The van der Waals surface area contributed by atoms with Crippen molar-refractivity contribution in [3.8, 4) is 0 Å². The summed E-state index contributed by atoms with van der Waals surface area (Å²) >= 11 is 0.365. The van der Waals surface area contributed by atoms with Crippen LogP contribution in [0.15, 0.2) is 0 Å². The lowest BCUT2D eigenvalue weighted by Crippen LogP contribution is -2.61. The summed E-state index contributed by atoms with van der Waals surface area (Å²) in [6.07, 6.45) is 1.69. The minimum Gasteiger partial charge on any atom is -0.480 e. The first-order valence-corrected chi connectivity index (χ1v) is 6.56. The Kier molecular flexibility index (Phi) is 3.85. The molecular formula is C12H22FNO2S. The van der Waals surface area contributed by atoms with Crippen molar-refractivity contribution in [2.75, 3.05) is 0 Å². The van der Waals surface area contributed by atoms with E-state index >= 15 is 0 Å². The molecule has 3 nitrogen and oxygen atoms in total. The Labute approximate surface area is 107 Å². The number of nitrogens with two attached hydrogens (primary N) is 1. The second-order valence-electron chi connectivity index (χ2n) is 6.57. The number of carboxylic acids is 1. The van der Waals surface area contributed by atoms with Crippen LogP contribution in [-0.4, -0.2) is 21.4 Å². The number of carboxylic acid groups (broad SMARTS) is 1. The fourth-order valence-corrected chi connectivity index (χ4v) is 3.24. The van der Waals surface area contributed by atoms with Crippen LogP contribution in [-0.2, 0) is 4.79 Å². The smallest absolute Gasteiger partial charge is 0.323 e. The van der Waals surface area contributed by atoms with Crippen LogP contribution in [0.2, 0.25) is 0 Å². The largest absolute Gasteiger partial charge is 0.480 e. The van der Waals surface area contributed by atoms with Gasteiger partial charge in [0.15, 0.2) is 0 Å². The normalized spacial score (nSPS) is 29.9. The standard InChI is InChI=1S/C12H22FNO2S/c1-10(2,7-11(3,4)17-13)8-5-12(14,6-8)9(15)16/h8H,5-7,14H2,1-4H3,(H,15,16). The van der Waals surface area contributed by atoms with Gasteiger partial charge in [0.05, 0.1) is 12.1 Å². The molecule has 0 heterocycles. The molecular weight excluding hydrogens is 241 g/mol. The molecule has 0 unspecified atom stereocenters. The molecule has 0 aliphatic heterocycles. The van der Waals surface area contributed by atoms with Crippen molar-refractivity contribution >= 4 is 18.1 Å². The zero-order chi connectivity index (χ0) is 13.5. The van der Waals surface area contributed by atoms with Gasteiger partial charge in [-0.2, -0.15) is 3.89 Å². The van der Waals surface area contributed by atoms with Gasteiger partial charge >= 0.3 is 5.97 Å². The Morgan fingerprint density at radius 1 is 1.47 bits per heavy atom. The second-order valence-corrected chi connectivity index (χ2v) is 7.83. The Hall–Kier alpha value is -0.290. The van der Waals surface area contributed by atoms with E-state index in [4.69, 9.17) is 10.8 Å². The summed E-state index contributed by atoms with van der Waals surface area (Å²) in [6.45, 7) is 7.87. The predicted molar refractivity (Wildman–Crippen MR) is 68.5 cm³/mol. The molecule has 3 N–H and O–H groups in total. The lowest BCUT2D eigenvalue weighted by Gasteiger charge is -2.50. The van der Waals surface area contributed by atoms with Gasteiger partial charge in [-0.15, -0.1) is 0 Å². The van der Waals surface area contributed by atoms with Crippen LogP contribution >= 0.6 is 12.1 Å². The van der Waals surface area contributed by atoms with Crippen molar-refractivity contribution in [1.82, 2.24) is 0 Å². The highest BCUT2D eigenvalue weighted by Gasteiger charge is 2.53. The molecule has 0 spiro atoms. The zero-order valence-corrected chi connectivity index (χ0v) is 11.7. The molecule has 0 aromatic rings. The van der Waals surface area contributed by atoms with Crippen LogP contribution in [0.3, 0.4) is 0 Å². The van der Waals surface area contributed by atoms with E-state index in [1.54, 1.807) is 0 Å². The van der Waals surface area contributed by atoms with E-state index in [1.165, 1.54) is 0 Å². The lowest BCUT2D eigenvalue weighted by molar-refractivity contribution is -0.151. The number of hydrogen-bond donors (Lipinski definition) is 2. The van der Waals surface area contributed by atoms with Crippen molar-refractivity contribution in [3.05, 3.63) is 0 Å². The van der Waals surface area contributed by atoms with Gasteiger partial charge in [0.1, 0.15) is 5.54 Å². The van der Waals surface area contributed by atoms with Gasteiger partial charge in [0, 0.05) is 4.75 Å². The third kappa shape index (κ3) is 3.13. The van der Waals surface area contributed by atoms with Gasteiger partial charge in [-0.25, -0.2) is 0 Å². The molecule has 17 heavy (non-hydrogen) atoms. The van der Waals surface area contributed by atoms with E-state index in [0.29, 0.717) is 31.4 Å². The SMILES string of the molecule is CC(C)(CC(C)(C)C1CC(N)(C(=O)O)C1)SF. The molecule has 0 radical (unpaired) electrons. The third-order valence-electron chi connectivity index (χ3n) is 3.84.